The topological polar surface area (TPSA) is 18.5 Å². The van der Waals surface area contributed by atoms with Crippen molar-refractivity contribution >= 4 is 28.9 Å². The van der Waals surface area contributed by atoms with Gasteiger partial charge in [-0.05, 0) is 35.3 Å². The Balaban J connectivity index is 2.10. The van der Waals surface area contributed by atoms with E-state index in [0.29, 0.717) is 13.2 Å². The molecule has 5 heteroatoms. The summed E-state index contributed by atoms with van der Waals surface area (Å²) in [7, 11) is 0. The van der Waals surface area contributed by atoms with E-state index in [4.69, 9.17) is 20.9 Å². The lowest BCUT2D eigenvalue weighted by Crippen LogP contribution is -1.79. The molecular formula is C8H9O2PS2. The standard InChI is InChI=1S/C8H9O2PS2/c12-11(9-6-7-10-11)13-8-4-2-1-3-5-8/h1-5H,6-7H2. The highest BCUT2D eigenvalue weighted by Gasteiger charge is 2.26. The van der Waals surface area contributed by atoms with E-state index in [1.807, 2.05) is 30.3 Å². The molecule has 1 aromatic carbocycles. The van der Waals surface area contributed by atoms with Crippen LogP contribution in [-0.4, -0.2) is 13.2 Å². The molecule has 1 aliphatic rings. The van der Waals surface area contributed by atoms with Crippen LogP contribution in [0.2, 0.25) is 0 Å². The minimum atomic E-state index is -2.04. The summed E-state index contributed by atoms with van der Waals surface area (Å²) in [6.45, 7) is 1.27. The van der Waals surface area contributed by atoms with Gasteiger partial charge in [0.05, 0.1) is 13.2 Å². The average molecular weight is 232 g/mol. The van der Waals surface area contributed by atoms with Crippen molar-refractivity contribution in [3.8, 4) is 0 Å². The second-order valence-electron chi connectivity index (χ2n) is 2.52. The fourth-order valence-corrected chi connectivity index (χ4v) is 5.44. The van der Waals surface area contributed by atoms with Gasteiger partial charge in [0, 0.05) is 4.90 Å². The summed E-state index contributed by atoms with van der Waals surface area (Å²) in [6.07, 6.45) is 0. The van der Waals surface area contributed by atoms with Gasteiger partial charge in [0.15, 0.2) is 0 Å². The molecule has 0 atom stereocenters. The zero-order valence-corrected chi connectivity index (χ0v) is 9.41. The van der Waals surface area contributed by atoms with Crippen molar-refractivity contribution in [2.75, 3.05) is 13.2 Å². The molecule has 0 unspecified atom stereocenters. The van der Waals surface area contributed by atoms with Crippen molar-refractivity contribution in [2.24, 2.45) is 0 Å². The summed E-state index contributed by atoms with van der Waals surface area (Å²) in [4.78, 5) is 1.12. The Labute approximate surface area is 86.5 Å². The van der Waals surface area contributed by atoms with E-state index >= 15 is 0 Å². The van der Waals surface area contributed by atoms with Crippen LogP contribution in [0.1, 0.15) is 0 Å². The van der Waals surface area contributed by atoms with Gasteiger partial charge in [0.2, 0.25) is 0 Å². The second kappa shape index (κ2) is 4.11. The lowest BCUT2D eigenvalue weighted by atomic mass is 10.4. The predicted molar refractivity (Wildman–Crippen MR) is 58.5 cm³/mol. The maximum absolute atomic E-state index is 5.41. The molecule has 0 saturated carbocycles. The summed E-state index contributed by atoms with van der Waals surface area (Å²) >= 11 is 6.81. The Morgan fingerprint density at radius 1 is 1.15 bits per heavy atom. The molecule has 1 fully saturated rings. The molecule has 0 spiro atoms. The molecule has 2 rings (SSSR count). The monoisotopic (exact) mass is 232 g/mol. The van der Waals surface area contributed by atoms with E-state index in [1.54, 1.807) is 0 Å². The van der Waals surface area contributed by atoms with Crippen molar-refractivity contribution in [1.82, 2.24) is 0 Å². The fraction of sp³-hybridized carbons (Fsp3) is 0.250. The summed E-state index contributed by atoms with van der Waals surface area (Å²) in [5.41, 5.74) is -2.04. The lowest BCUT2D eigenvalue weighted by molar-refractivity contribution is 0.365. The van der Waals surface area contributed by atoms with Crippen LogP contribution >= 0.6 is 17.1 Å². The van der Waals surface area contributed by atoms with Gasteiger partial charge >= 0.3 is 0 Å². The van der Waals surface area contributed by atoms with Gasteiger partial charge in [0.1, 0.15) is 0 Å². The highest BCUT2D eigenvalue weighted by atomic mass is 32.9. The third kappa shape index (κ3) is 2.55. The first-order valence-electron chi connectivity index (χ1n) is 3.92. The summed E-state index contributed by atoms with van der Waals surface area (Å²) in [5, 5.41) is 0. The van der Waals surface area contributed by atoms with Gasteiger partial charge in [-0.15, -0.1) is 0 Å². The van der Waals surface area contributed by atoms with Gasteiger partial charge in [0.25, 0.3) is 5.69 Å². The van der Waals surface area contributed by atoms with Crippen molar-refractivity contribution in [3.05, 3.63) is 30.3 Å². The van der Waals surface area contributed by atoms with Gasteiger partial charge in [-0.25, -0.2) is 0 Å². The highest BCUT2D eigenvalue weighted by Crippen LogP contribution is 2.66. The van der Waals surface area contributed by atoms with Crippen molar-refractivity contribution < 1.29 is 9.05 Å². The normalized spacial score (nSPS) is 20.3. The molecule has 0 aromatic heterocycles. The third-order valence-corrected chi connectivity index (χ3v) is 6.49. The molecule has 0 radical (unpaired) electrons. The van der Waals surface area contributed by atoms with Crippen LogP contribution in [0.5, 0.6) is 0 Å². The second-order valence-corrected chi connectivity index (χ2v) is 8.71. The molecule has 0 amide bonds. The smallest absolute Gasteiger partial charge is 0.252 e. The molecule has 1 saturated heterocycles. The number of hydrogen-bond donors (Lipinski definition) is 0. The van der Waals surface area contributed by atoms with E-state index in [-0.39, 0.29) is 0 Å². The summed E-state index contributed by atoms with van der Waals surface area (Å²) < 4.78 is 10.8. The van der Waals surface area contributed by atoms with E-state index in [1.165, 1.54) is 11.4 Å². The van der Waals surface area contributed by atoms with Crippen LogP contribution in [-0.2, 0) is 20.9 Å². The van der Waals surface area contributed by atoms with Crippen molar-refractivity contribution in [3.63, 3.8) is 0 Å². The predicted octanol–water partition coefficient (Wildman–Crippen LogP) is 3.05. The van der Waals surface area contributed by atoms with E-state index < -0.39 is 5.69 Å². The van der Waals surface area contributed by atoms with Crippen molar-refractivity contribution in [1.29, 1.82) is 0 Å². The highest BCUT2D eigenvalue weighted by molar-refractivity contribution is 8.67. The Kier molecular flexibility index (Phi) is 3.06. The van der Waals surface area contributed by atoms with Gasteiger partial charge < -0.3 is 9.05 Å². The molecular weight excluding hydrogens is 223 g/mol. The maximum Gasteiger partial charge on any atom is 0.252 e. The zero-order valence-electron chi connectivity index (χ0n) is 6.88. The first kappa shape index (κ1) is 9.69. The maximum atomic E-state index is 5.41. The number of hydrogen-bond acceptors (Lipinski definition) is 4. The van der Waals surface area contributed by atoms with E-state index in [2.05, 4.69) is 0 Å². The Morgan fingerprint density at radius 2 is 1.77 bits per heavy atom. The van der Waals surface area contributed by atoms with Gasteiger partial charge in [-0.2, -0.15) is 0 Å². The van der Waals surface area contributed by atoms with Crippen LogP contribution in [0.15, 0.2) is 35.2 Å². The third-order valence-electron chi connectivity index (χ3n) is 1.54. The largest absolute Gasteiger partial charge is 0.319 e. The molecule has 13 heavy (non-hydrogen) atoms. The van der Waals surface area contributed by atoms with E-state index in [9.17, 15) is 0 Å². The van der Waals surface area contributed by atoms with Crippen LogP contribution in [0.25, 0.3) is 0 Å². The Hall–Kier alpha value is 0.140. The molecule has 0 aliphatic carbocycles. The molecule has 1 heterocycles. The molecule has 1 aliphatic heterocycles. The van der Waals surface area contributed by atoms with E-state index in [0.717, 1.165) is 4.90 Å². The summed E-state index contributed by atoms with van der Waals surface area (Å²) in [5.74, 6) is 0. The number of rotatable bonds is 2. The average Bonchev–Trinajstić information content (AvgIpc) is 2.54. The summed E-state index contributed by atoms with van der Waals surface area (Å²) in [6, 6.07) is 9.99. The SMILES string of the molecule is S=P1(Sc2ccccc2)OCCO1. The first-order valence-corrected chi connectivity index (χ1v) is 7.98. The Bertz CT molecular complexity index is 318. The lowest BCUT2D eigenvalue weighted by Gasteiger charge is -2.11. The molecule has 1 aromatic rings. The number of benzene rings is 1. The van der Waals surface area contributed by atoms with Gasteiger partial charge in [-0.3, -0.25) is 0 Å². The quantitative estimate of drug-likeness (QED) is 0.729. The zero-order chi connectivity index (χ0) is 9.15. The van der Waals surface area contributed by atoms with Gasteiger partial charge in [-0.1, -0.05) is 18.2 Å². The molecule has 2 nitrogen and oxygen atoms in total. The van der Waals surface area contributed by atoms with Crippen LogP contribution in [0.4, 0.5) is 0 Å². The van der Waals surface area contributed by atoms with Crippen molar-refractivity contribution in [2.45, 2.75) is 4.90 Å². The fourth-order valence-electron chi connectivity index (χ4n) is 0.999. The minimum Gasteiger partial charge on any atom is -0.319 e. The molecule has 0 N–H and O–H groups in total. The van der Waals surface area contributed by atoms with Crippen LogP contribution < -0.4 is 0 Å². The Morgan fingerprint density at radius 3 is 2.38 bits per heavy atom. The van der Waals surface area contributed by atoms with Crippen LogP contribution in [0.3, 0.4) is 0 Å². The first-order chi connectivity index (χ1) is 6.29. The molecule has 70 valence electrons. The molecule has 0 bridgehead atoms. The minimum absolute atomic E-state index is 0.636. The van der Waals surface area contributed by atoms with Crippen LogP contribution in [0, 0.1) is 0 Å².